The van der Waals surface area contributed by atoms with Crippen LogP contribution >= 0.6 is 0 Å². The highest BCUT2D eigenvalue weighted by atomic mass is 19.1. The minimum Gasteiger partial charge on any atom is -0.347 e. The molecule has 2 N–H and O–H groups in total. The number of rotatable bonds is 5. The molecule has 3 aromatic rings. The van der Waals surface area contributed by atoms with E-state index in [0.29, 0.717) is 11.3 Å². The van der Waals surface area contributed by atoms with E-state index in [-0.39, 0.29) is 17.8 Å². The molecule has 0 aliphatic rings. The third-order valence-corrected chi connectivity index (χ3v) is 3.73. The molecule has 27 heavy (non-hydrogen) atoms. The van der Waals surface area contributed by atoms with Crippen molar-refractivity contribution in [3.63, 3.8) is 0 Å². The summed E-state index contributed by atoms with van der Waals surface area (Å²) in [5.41, 5.74) is 0.830. The number of carbonyl (C=O) groups is 2. The van der Waals surface area contributed by atoms with Crippen LogP contribution in [0.3, 0.4) is 0 Å². The summed E-state index contributed by atoms with van der Waals surface area (Å²) in [6, 6.07) is 14.3. The lowest BCUT2D eigenvalue weighted by Gasteiger charge is -2.08. The molecule has 0 fully saturated rings. The van der Waals surface area contributed by atoms with E-state index in [2.05, 4.69) is 15.6 Å². The molecule has 7 heteroatoms. The fourth-order valence-corrected chi connectivity index (χ4v) is 2.37. The standard InChI is InChI=1S/C20H15F2N3O2/c21-15-5-3-6-16(11-15)25-19(26)13-8-9-23-18(10-13)20(27)24-12-14-4-1-2-7-17(14)22/h1-11H,12H2,(H,24,27)(H,25,26). The lowest BCUT2D eigenvalue weighted by atomic mass is 10.2. The third kappa shape index (κ3) is 4.72. The first-order chi connectivity index (χ1) is 13.0. The van der Waals surface area contributed by atoms with Crippen molar-refractivity contribution in [3.05, 3.63) is 95.3 Å². The molecule has 3 rings (SSSR count). The summed E-state index contributed by atoms with van der Waals surface area (Å²) in [5.74, 6) is -1.95. The molecular weight excluding hydrogens is 352 g/mol. The maximum absolute atomic E-state index is 13.6. The molecule has 0 spiro atoms. The van der Waals surface area contributed by atoms with Gasteiger partial charge < -0.3 is 10.6 Å². The van der Waals surface area contributed by atoms with Crippen molar-refractivity contribution in [2.45, 2.75) is 6.54 Å². The van der Waals surface area contributed by atoms with E-state index >= 15 is 0 Å². The molecule has 0 unspecified atom stereocenters. The number of hydrogen-bond acceptors (Lipinski definition) is 3. The summed E-state index contributed by atoms with van der Waals surface area (Å²) in [7, 11) is 0. The largest absolute Gasteiger partial charge is 0.347 e. The van der Waals surface area contributed by atoms with Gasteiger partial charge in [0.25, 0.3) is 11.8 Å². The summed E-state index contributed by atoms with van der Waals surface area (Å²) in [5, 5.41) is 5.10. The van der Waals surface area contributed by atoms with Crippen LogP contribution in [-0.4, -0.2) is 16.8 Å². The zero-order valence-corrected chi connectivity index (χ0v) is 14.1. The Bertz CT molecular complexity index is 992. The summed E-state index contributed by atoms with van der Waals surface area (Å²) in [6.07, 6.45) is 1.32. The van der Waals surface area contributed by atoms with Crippen LogP contribution in [0.1, 0.15) is 26.4 Å². The van der Waals surface area contributed by atoms with E-state index in [4.69, 9.17) is 0 Å². The molecule has 0 saturated heterocycles. The quantitative estimate of drug-likeness (QED) is 0.725. The lowest BCUT2D eigenvalue weighted by molar-refractivity contribution is 0.0945. The normalized spacial score (nSPS) is 10.3. The van der Waals surface area contributed by atoms with Crippen LogP contribution in [0, 0.1) is 11.6 Å². The van der Waals surface area contributed by atoms with E-state index in [9.17, 15) is 18.4 Å². The number of pyridine rings is 1. The van der Waals surface area contributed by atoms with Gasteiger partial charge in [-0.3, -0.25) is 14.6 Å². The summed E-state index contributed by atoms with van der Waals surface area (Å²) in [6.45, 7) is -0.00704. The number of benzene rings is 2. The van der Waals surface area contributed by atoms with Gasteiger partial charge in [-0.25, -0.2) is 8.78 Å². The van der Waals surface area contributed by atoms with E-state index in [1.165, 1.54) is 42.6 Å². The maximum atomic E-state index is 13.6. The van der Waals surface area contributed by atoms with Crippen LogP contribution in [0.4, 0.5) is 14.5 Å². The smallest absolute Gasteiger partial charge is 0.270 e. The third-order valence-electron chi connectivity index (χ3n) is 3.73. The van der Waals surface area contributed by atoms with E-state index in [1.54, 1.807) is 24.3 Å². The SMILES string of the molecule is O=C(Nc1cccc(F)c1)c1ccnc(C(=O)NCc2ccccc2F)c1. The van der Waals surface area contributed by atoms with Crippen molar-refractivity contribution in [2.24, 2.45) is 0 Å². The molecule has 136 valence electrons. The van der Waals surface area contributed by atoms with Crippen LogP contribution in [0.25, 0.3) is 0 Å². The Morgan fingerprint density at radius 3 is 2.52 bits per heavy atom. The first-order valence-corrected chi connectivity index (χ1v) is 8.07. The molecular formula is C20H15F2N3O2. The predicted octanol–water partition coefficient (Wildman–Crippen LogP) is 3.54. The number of nitrogens with one attached hydrogen (secondary N) is 2. The first kappa shape index (κ1) is 18.2. The zero-order chi connectivity index (χ0) is 19.2. The molecule has 1 heterocycles. The number of halogens is 2. The van der Waals surface area contributed by atoms with Crippen LogP contribution in [-0.2, 0) is 6.54 Å². The Kier molecular flexibility index (Phi) is 5.51. The average Bonchev–Trinajstić information content (AvgIpc) is 2.67. The van der Waals surface area contributed by atoms with Crippen molar-refractivity contribution in [2.75, 3.05) is 5.32 Å². The van der Waals surface area contributed by atoms with Gasteiger partial charge in [0.2, 0.25) is 0 Å². The molecule has 2 aromatic carbocycles. The van der Waals surface area contributed by atoms with Crippen molar-refractivity contribution < 1.29 is 18.4 Å². The van der Waals surface area contributed by atoms with Crippen LogP contribution in [0.5, 0.6) is 0 Å². The molecule has 0 saturated carbocycles. The number of amides is 2. The van der Waals surface area contributed by atoms with Gasteiger partial charge in [-0.05, 0) is 36.4 Å². The molecule has 0 bridgehead atoms. The lowest BCUT2D eigenvalue weighted by Crippen LogP contribution is -2.25. The monoisotopic (exact) mass is 367 g/mol. The van der Waals surface area contributed by atoms with E-state index in [0.717, 1.165) is 0 Å². The minimum atomic E-state index is -0.543. The molecule has 0 aliphatic heterocycles. The molecule has 0 radical (unpaired) electrons. The first-order valence-electron chi connectivity index (χ1n) is 8.07. The van der Waals surface area contributed by atoms with Crippen LogP contribution in [0.2, 0.25) is 0 Å². The Morgan fingerprint density at radius 1 is 0.926 bits per heavy atom. The number of hydrogen-bond donors (Lipinski definition) is 2. The Morgan fingerprint density at radius 2 is 1.74 bits per heavy atom. The number of carbonyl (C=O) groups excluding carboxylic acids is 2. The summed E-state index contributed by atoms with van der Waals surface area (Å²) < 4.78 is 26.8. The van der Waals surface area contributed by atoms with Crippen molar-refractivity contribution in [1.29, 1.82) is 0 Å². The Hall–Kier alpha value is -3.61. The van der Waals surface area contributed by atoms with Gasteiger partial charge in [0.05, 0.1) is 0 Å². The van der Waals surface area contributed by atoms with Gasteiger partial charge in [-0.1, -0.05) is 24.3 Å². The van der Waals surface area contributed by atoms with E-state index < -0.39 is 23.4 Å². The number of anilines is 1. The van der Waals surface area contributed by atoms with Gasteiger partial charge in [-0.2, -0.15) is 0 Å². The molecule has 5 nitrogen and oxygen atoms in total. The van der Waals surface area contributed by atoms with Crippen molar-refractivity contribution in [3.8, 4) is 0 Å². The van der Waals surface area contributed by atoms with Gasteiger partial charge in [0, 0.05) is 29.6 Å². The highest BCUT2D eigenvalue weighted by molar-refractivity contribution is 6.05. The Labute approximate surface area is 154 Å². The van der Waals surface area contributed by atoms with Crippen molar-refractivity contribution in [1.82, 2.24) is 10.3 Å². The second-order valence-corrected chi connectivity index (χ2v) is 5.67. The minimum absolute atomic E-state index is 0.00704. The predicted molar refractivity (Wildman–Crippen MR) is 96.2 cm³/mol. The van der Waals surface area contributed by atoms with Gasteiger partial charge in [0.15, 0.2) is 0 Å². The highest BCUT2D eigenvalue weighted by Crippen LogP contribution is 2.12. The number of nitrogens with zero attached hydrogens (tertiary/aromatic N) is 1. The summed E-state index contributed by atoms with van der Waals surface area (Å²) >= 11 is 0. The maximum Gasteiger partial charge on any atom is 0.270 e. The zero-order valence-electron chi connectivity index (χ0n) is 14.1. The van der Waals surface area contributed by atoms with Gasteiger partial charge in [-0.15, -0.1) is 0 Å². The van der Waals surface area contributed by atoms with Gasteiger partial charge >= 0.3 is 0 Å². The van der Waals surface area contributed by atoms with Gasteiger partial charge in [0.1, 0.15) is 17.3 Å². The average molecular weight is 367 g/mol. The molecule has 0 atom stereocenters. The fourth-order valence-electron chi connectivity index (χ4n) is 2.37. The van der Waals surface area contributed by atoms with Crippen molar-refractivity contribution >= 4 is 17.5 Å². The second kappa shape index (κ2) is 8.18. The van der Waals surface area contributed by atoms with E-state index in [1.807, 2.05) is 0 Å². The summed E-state index contributed by atoms with van der Waals surface area (Å²) in [4.78, 5) is 28.4. The molecule has 0 aliphatic carbocycles. The van der Waals surface area contributed by atoms with Crippen LogP contribution in [0.15, 0.2) is 66.9 Å². The molecule has 1 aromatic heterocycles. The Balaban J connectivity index is 1.68. The topological polar surface area (TPSA) is 71.1 Å². The number of aromatic nitrogens is 1. The fraction of sp³-hybridized carbons (Fsp3) is 0.0500. The second-order valence-electron chi connectivity index (χ2n) is 5.67. The van der Waals surface area contributed by atoms with Crippen LogP contribution < -0.4 is 10.6 Å². The molecule has 2 amide bonds. The highest BCUT2D eigenvalue weighted by Gasteiger charge is 2.13.